The van der Waals surface area contributed by atoms with Gasteiger partial charge in [-0.05, 0) is 40.5 Å². The molecule has 0 aliphatic rings. The lowest BCUT2D eigenvalue weighted by Gasteiger charge is -2.12. The molecule has 1 unspecified atom stereocenters. The van der Waals surface area contributed by atoms with Crippen molar-refractivity contribution >= 4 is 27.8 Å². The quantitative estimate of drug-likeness (QED) is 0.838. The molecule has 0 radical (unpaired) electrons. The maximum Gasteiger partial charge on any atom is 0.416 e. The van der Waals surface area contributed by atoms with Gasteiger partial charge in [0.25, 0.3) is 5.91 Å². The van der Waals surface area contributed by atoms with E-state index < -0.39 is 29.5 Å². The lowest BCUT2D eigenvalue weighted by molar-refractivity contribution is -0.141. The van der Waals surface area contributed by atoms with Gasteiger partial charge in [0.15, 0.2) is 0 Å². The third kappa shape index (κ3) is 5.04. The first-order valence-corrected chi connectivity index (χ1v) is 6.80. The van der Waals surface area contributed by atoms with Crippen LogP contribution in [0.4, 0.5) is 13.2 Å². The van der Waals surface area contributed by atoms with Crippen LogP contribution in [0.1, 0.15) is 29.3 Å². The number of aliphatic carboxylic acids is 1. The molecule has 1 aromatic rings. The van der Waals surface area contributed by atoms with Crippen molar-refractivity contribution in [3.05, 3.63) is 33.8 Å². The van der Waals surface area contributed by atoms with E-state index in [-0.39, 0.29) is 23.0 Å². The van der Waals surface area contributed by atoms with Crippen LogP contribution in [0.5, 0.6) is 0 Å². The number of carbonyl (C=O) groups is 2. The summed E-state index contributed by atoms with van der Waals surface area (Å²) in [6, 6.07) is 2.77. The summed E-state index contributed by atoms with van der Waals surface area (Å²) in [5.41, 5.74) is -1.07. The van der Waals surface area contributed by atoms with Crippen molar-refractivity contribution in [2.24, 2.45) is 5.92 Å². The number of carboxylic acids is 1. The molecule has 116 valence electrons. The van der Waals surface area contributed by atoms with Crippen LogP contribution >= 0.6 is 15.9 Å². The second-order valence-electron chi connectivity index (χ2n) is 4.48. The summed E-state index contributed by atoms with van der Waals surface area (Å²) in [6.07, 6.45) is -4.34. The van der Waals surface area contributed by atoms with Gasteiger partial charge in [-0.1, -0.05) is 6.92 Å². The average Bonchev–Trinajstić information content (AvgIpc) is 2.37. The van der Waals surface area contributed by atoms with Gasteiger partial charge in [-0.3, -0.25) is 9.59 Å². The minimum atomic E-state index is -4.53. The molecule has 0 spiro atoms. The Bertz CT molecular complexity index is 546. The number of nitrogens with one attached hydrogen (secondary N) is 1. The van der Waals surface area contributed by atoms with Crippen LogP contribution in [0.25, 0.3) is 0 Å². The minimum Gasteiger partial charge on any atom is -0.481 e. The Balaban J connectivity index is 2.76. The Kier molecular flexibility index (Phi) is 5.77. The standard InChI is InChI=1S/C13H13BrF3NO3/c1-7(12(20)21)4-5-18-11(19)9-6-8(13(15,16)17)2-3-10(9)14/h2-3,6-7H,4-5H2,1H3,(H,18,19)(H,20,21). The molecule has 1 atom stereocenters. The van der Waals surface area contributed by atoms with Crippen LogP contribution in [0.3, 0.4) is 0 Å². The molecular formula is C13H13BrF3NO3. The van der Waals surface area contributed by atoms with E-state index in [2.05, 4.69) is 21.2 Å². The monoisotopic (exact) mass is 367 g/mol. The molecule has 1 amide bonds. The van der Waals surface area contributed by atoms with Gasteiger partial charge in [0.2, 0.25) is 0 Å². The maximum absolute atomic E-state index is 12.6. The second kappa shape index (κ2) is 6.93. The normalized spacial score (nSPS) is 12.8. The van der Waals surface area contributed by atoms with E-state index in [1.807, 2.05) is 0 Å². The Hall–Kier alpha value is -1.57. The highest BCUT2D eigenvalue weighted by molar-refractivity contribution is 9.10. The average molecular weight is 368 g/mol. The number of benzene rings is 1. The first-order valence-electron chi connectivity index (χ1n) is 6.00. The van der Waals surface area contributed by atoms with E-state index in [1.165, 1.54) is 6.92 Å². The van der Waals surface area contributed by atoms with Crippen LogP contribution in [-0.4, -0.2) is 23.5 Å². The fourth-order valence-corrected chi connectivity index (χ4v) is 1.92. The first kappa shape index (κ1) is 17.5. The van der Waals surface area contributed by atoms with Gasteiger partial charge in [-0.15, -0.1) is 0 Å². The fourth-order valence-electron chi connectivity index (χ4n) is 1.50. The Morgan fingerprint density at radius 1 is 1.38 bits per heavy atom. The molecule has 8 heteroatoms. The maximum atomic E-state index is 12.6. The zero-order valence-electron chi connectivity index (χ0n) is 11.0. The van der Waals surface area contributed by atoms with Crippen molar-refractivity contribution in [1.82, 2.24) is 5.32 Å². The van der Waals surface area contributed by atoms with Crippen molar-refractivity contribution in [3.8, 4) is 0 Å². The van der Waals surface area contributed by atoms with E-state index in [4.69, 9.17) is 5.11 Å². The van der Waals surface area contributed by atoms with Gasteiger partial charge in [-0.2, -0.15) is 13.2 Å². The number of rotatable bonds is 5. The minimum absolute atomic E-state index is 0.0645. The molecule has 2 N–H and O–H groups in total. The Labute approximate surface area is 127 Å². The van der Waals surface area contributed by atoms with E-state index in [0.29, 0.717) is 0 Å². The molecule has 1 aromatic carbocycles. The number of carbonyl (C=O) groups excluding carboxylic acids is 1. The predicted octanol–water partition coefficient (Wildman–Crippen LogP) is 3.31. The van der Waals surface area contributed by atoms with Crippen molar-refractivity contribution in [1.29, 1.82) is 0 Å². The summed E-state index contributed by atoms with van der Waals surface area (Å²) in [4.78, 5) is 22.4. The van der Waals surface area contributed by atoms with E-state index >= 15 is 0 Å². The van der Waals surface area contributed by atoms with Crippen LogP contribution in [0, 0.1) is 5.92 Å². The van der Waals surface area contributed by atoms with Gasteiger partial charge >= 0.3 is 12.1 Å². The fraction of sp³-hybridized carbons (Fsp3) is 0.385. The molecule has 0 fully saturated rings. The van der Waals surface area contributed by atoms with Crippen molar-refractivity contribution in [3.63, 3.8) is 0 Å². The molecule has 0 aliphatic carbocycles. The Morgan fingerprint density at radius 2 is 2.00 bits per heavy atom. The summed E-state index contributed by atoms with van der Waals surface area (Å²) < 4.78 is 38.0. The Morgan fingerprint density at radius 3 is 2.52 bits per heavy atom. The highest BCUT2D eigenvalue weighted by atomic mass is 79.9. The van der Waals surface area contributed by atoms with Crippen LogP contribution in [0.15, 0.2) is 22.7 Å². The van der Waals surface area contributed by atoms with Crippen molar-refractivity contribution in [2.75, 3.05) is 6.54 Å². The topological polar surface area (TPSA) is 66.4 Å². The van der Waals surface area contributed by atoms with E-state index in [0.717, 1.165) is 18.2 Å². The van der Waals surface area contributed by atoms with Gasteiger partial charge in [0, 0.05) is 11.0 Å². The largest absolute Gasteiger partial charge is 0.481 e. The van der Waals surface area contributed by atoms with E-state index in [9.17, 15) is 22.8 Å². The van der Waals surface area contributed by atoms with Crippen molar-refractivity contribution < 1.29 is 27.9 Å². The number of hydrogen-bond acceptors (Lipinski definition) is 2. The molecule has 0 saturated heterocycles. The lowest BCUT2D eigenvalue weighted by Crippen LogP contribution is -2.27. The number of hydrogen-bond donors (Lipinski definition) is 2. The summed E-state index contributed by atoms with van der Waals surface area (Å²) in [5, 5.41) is 11.1. The van der Waals surface area contributed by atoms with Crippen molar-refractivity contribution in [2.45, 2.75) is 19.5 Å². The molecule has 0 aromatic heterocycles. The van der Waals surface area contributed by atoms with Crippen LogP contribution in [-0.2, 0) is 11.0 Å². The SMILES string of the molecule is CC(CCNC(=O)c1cc(C(F)(F)F)ccc1Br)C(=O)O. The number of halogens is 4. The summed E-state index contributed by atoms with van der Waals surface area (Å²) >= 11 is 3.02. The predicted molar refractivity (Wildman–Crippen MR) is 72.9 cm³/mol. The molecule has 0 saturated carbocycles. The third-order valence-corrected chi connectivity index (χ3v) is 3.51. The summed E-state index contributed by atoms with van der Waals surface area (Å²) in [5.74, 6) is -2.33. The number of carboxylic acid groups (broad SMARTS) is 1. The van der Waals surface area contributed by atoms with Crippen LogP contribution < -0.4 is 5.32 Å². The highest BCUT2D eigenvalue weighted by Crippen LogP contribution is 2.31. The van der Waals surface area contributed by atoms with Gasteiger partial charge in [0.1, 0.15) is 0 Å². The highest BCUT2D eigenvalue weighted by Gasteiger charge is 2.31. The first-order chi connectivity index (χ1) is 9.62. The summed E-state index contributed by atoms with van der Waals surface area (Å²) in [6.45, 7) is 1.55. The van der Waals surface area contributed by atoms with Gasteiger partial charge in [-0.25, -0.2) is 0 Å². The van der Waals surface area contributed by atoms with Gasteiger partial charge in [0.05, 0.1) is 17.0 Å². The molecule has 0 bridgehead atoms. The number of amides is 1. The molecule has 0 aliphatic heterocycles. The van der Waals surface area contributed by atoms with E-state index in [1.54, 1.807) is 0 Å². The molecule has 1 rings (SSSR count). The second-order valence-corrected chi connectivity index (χ2v) is 5.33. The molecular weight excluding hydrogens is 355 g/mol. The number of alkyl halides is 3. The lowest BCUT2D eigenvalue weighted by atomic mass is 10.1. The summed E-state index contributed by atoms with van der Waals surface area (Å²) in [7, 11) is 0. The zero-order valence-corrected chi connectivity index (χ0v) is 12.6. The molecule has 0 heterocycles. The van der Waals surface area contributed by atoms with Crippen LogP contribution in [0.2, 0.25) is 0 Å². The van der Waals surface area contributed by atoms with Gasteiger partial charge < -0.3 is 10.4 Å². The zero-order chi connectivity index (χ0) is 16.2. The third-order valence-electron chi connectivity index (χ3n) is 2.82. The molecule has 21 heavy (non-hydrogen) atoms. The molecule has 4 nitrogen and oxygen atoms in total. The smallest absolute Gasteiger partial charge is 0.416 e.